The number of benzene rings is 2. The average molecular weight is 223 g/mol. The molecule has 0 spiro atoms. The van der Waals surface area contributed by atoms with Crippen LogP contribution in [-0.2, 0) is 5.41 Å². The first-order chi connectivity index (χ1) is 8.10. The Hall–Kier alpha value is -1.76. The van der Waals surface area contributed by atoms with E-state index in [2.05, 4.69) is 68.6 Å². The van der Waals surface area contributed by atoms with Crippen LogP contribution in [0.2, 0.25) is 0 Å². The summed E-state index contributed by atoms with van der Waals surface area (Å²) in [7, 11) is 0. The highest BCUT2D eigenvalue weighted by Crippen LogP contribution is 2.45. The second-order valence-electron chi connectivity index (χ2n) is 5.29. The Bertz CT molecular complexity index is 582. The molecule has 0 fully saturated rings. The van der Waals surface area contributed by atoms with Crippen LogP contribution in [0.5, 0.6) is 0 Å². The summed E-state index contributed by atoms with van der Waals surface area (Å²) in [5.41, 5.74) is 6.65. The molecule has 2 aromatic rings. The summed E-state index contributed by atoms with van der Waals surface area (Å²) in [6.45, 7) is 6.76. The summed E-state index contributed by atoms with van der Waals surface area (Å²) >= 11 is 0. The summed E-state index contributed by atoms with van der Waals surface area (Å²) < 4.78 is 0. The highest BCUT2D eigenvalue weighted by atomic mass is 14.9. The van der Waals surface area contributed by atoms with Crippen LogP contribution in [0.15, 0.2) is 42.5 Å². The Balaban J connectivity index is 2.31. The Labute approximate surface area is 102 Å². The lowest BCUT2D eigenvalue weighted by Crippen LogP contribution is -2.26. The summed E-state index contributed by atoms with van der Waals surface area (Å²) in [6.07, 6.45) is 0. The Morgan fingerprint density at radius 2 is 1.59 bits per heavy atom. The fourth-order valence-corrected chi connectivity index (χ4v) is 2.77. The van der Waals surface area contributed by atoms with E-state index in [9.17, 15) is 0 Å². The van der Waals surface area contributed by atoms with Crippen molar-refractivity contribution in [2.75, 3.05) is 5.32 Å². The molecule has 3 rings (SSSR count). The van der Waals surface area contributed by atoms with Gasteiger partial charge in [0, 0.05) is 16.8 Å². The minimum atomic E-state index is 0.0726. The minimum Gasteiger partial charge on any atom is -0.355 e. The molecule has 0 radical (unpaired) electrons. The molecule has 0 unspecified atom stereocenters. The van der Waals surface area contributed by atoms with Crippen LogP contribution in [0.4, 0.5) is 11.4 Å². The van der Waals surface area contributed by atoms with Crippen LogP contribution in [0.3, 0.4) is 0 Å². The fraction of sp³-hybridized carbons (Fsp3) is 0.250. The van der Waals surface area contributed by atoms with E-state index in [0.29, 0.717) is 0 Å². The third-order valence-corrected chi connectivity index (χ3v) is 3.81. The molecule has 17 heavy (non-hydrogen) atoms. The highest BCUT2D eigenvalue weighted by Gasteiger charge is 2.32. The zero-order chi connectivity index (χ0) is 12.0. The van der Waals surface area contributed by atoms with Crippen LogP contribution in [0.1, 0.15) is 30.5 Å². The third kappa shape index (κ3) is 1.39. The van der Waals surface area contributed by atoms with Crippen molar-refractivity contribution in [3.05, 3.63) is 59.2 Å². The number of hydrogen-bond acceptors (Lipinski definition) is 1. The molecule has 0 saturated heterocycles. The quantitative estimate of drug-likeness (QED) is 0.699. The van der Waals surface area contributed by atoms with Gasteiger partial charge in [-0.05, 0) is 29.7 Å². The molecule has 0 amide bonds. The molecule has 1 aliphatic heterocycles. The molecule has 0 bridgehead atoms. The van der Waals surface area contributed by atoms with E-state index < -0.39 is 0 Å². The number of anilines is 2. The van der Waals surface area contributed by atoms with Gasteiger partial charge in [-0.1, -0.05) is 50.2 Å². The predicted octanol–water partition coefficient (Wildman–Crippen LogP) is 4.38. The second-order valence-corrected chi connectivity index (χ2v) is 5.29. The average Bonchev–Trinajstić information content (AvgIpc) is 2.31. The van der Waals surface area contributed by atoms with Gasteiger partial charge in [0.15, 0.2) is 0 Å². The zero-order valence-electron chi connectivity index (χ0n) is 10.5. The molecule has 0 aromatic heterocycles. The molecule has 1 heterocycles. The van der Waals surface area contributed by atoms with Gasteiger partial charge >= 0.3 is 0 Å². The van der Waals surface area contributed by atoms with Gasteiger partial charge in [-0.2, -0.15) is 0 Å². The topological polar surface area (TPSA) is 12.0 Å². The van der Waals surface area contributed by atoms with E-state index in [1.165, 1.54) is 28.1 Å². The van der Waals surface area contributed by atoms with Crippen molar-refractivity contribution in [3.63, 3.8) is 0 Å². The minimum absolute atomic E-state index is 0.0726. The first-order valence-corrected chi connectivity index (χ1v) is 6.07. The largest absolute Gasteiger partial charge is 0.355 e. The third-order valence-electron chi connectivity index (χ3n) is 3.81. The van der Waals surface area contributed by atoms with E-state index >= 15 is 0 Å². The lowest BCUT2D eigenvalue weighted by atomic mass is 9.74. The number of hydrogen-bond donors (Lipinski definition) is 1. The van der Waals surface area contributed by atoms with Gasteiger partial charge < -0.3 is 5.32 Å². The monoisotopic (exact) mass is 223 g/mol. The molecular weight excluding hydrogens is 206 g/mol. The molecule has 2 aromatic carbocycles. The Morgan fingerprint density at radius 3 is 2.41 bits per heavy atom. The van der Waals surface area contributed by atoms with Crippen LogP contribution in [0, 0.1) is 6.92 Å². The summed E-state index contributed by atoms with van der Waals surface area (Å²) in [5, 5.41) is 3.56. The van der Waals surface area contributed by atoms with Gasteiger partial charge in [0.1, 0.15) is 0 Å². The first kappa shape index (κ1) is 10.4. The van der Waals surface area contributed by atoms with E-state index in [1.807, 2.05) is 0 Å². The molecule has 0 aliphatic carbocycles. The summed E-state index contributed by atoms with van der Waals surface area (Å²) in [4.78, 5) is 0. The predicted molar refractivity (Wildman–Crippen MR) is 73.0 cm³/mol. The molecule has 86 valence electrons. The number of aryl methyl sites for hydroxylation is 1. The van der Waals surface area contributed by atoms with Crippen molar-refractivity contribution in [1.29, 1.82) is 0 Å². The van der Waals surface area contributed by atoms with Gasteiger partial charge in [-0.3, -0.25) is 0 Å². The summed E-state index contributed by atoms with van der Waals surface area (Å²) in [6, 6.07) is 15.1. The number of rotatable bonds is 0. The smallest absolute Gasteiger partial charge is 0.0455 e. The van der Waals surface area contributed by atoms with Crippen LogP contribution in [-0.4, -0.2) is 0 Å². The van der Waals surface area contributed by atoms with Crippen molar-refractivity contribution >= 4 is 11.4 Å². The van der Waals surface area contributed by atoms with Crippen molar-refractivity contribution < 1.29 is 0 Å². The normalized spacial score (nSPS) is 15.7. The van der Waals surface area contributed by atoms with E-state index in [0.717, 1.165) is 0 Å². The number of para-hydroxylation sites is 2. The Morgan fingerprint density at radius 1 is 0.882 bits per heavy atom. The van der Waals surface area contributed by atoms with Crippen molar-refractivity contribution in [1.82, 2.24) is 0 Å². The van der Waals surface area contributed by atoms with Crippen LogP contribution >= 0.6 is 0 Å². The second kappa shape index (κ2) is 3.36. The standard InChI is InChI=1S/C16H17N/c1-11-7-6-9-13-15(11)17-14-10-5-4-8-12(14)16(13,2)3/h4-10,17H,1-3H3. The molecule has 1 N–H and O–H groups in total. The zero-order valence-corrected chi connectivity index (χ0v) is 10.5. The molecule has 1 aliphatic rings. The van der Waals surface area contributed by atoms with Gasteiger partial charge in [0.25, 0.3) is 0 Å². The van der Waals surface area contributed by atoms with Gasteiger partial charge in [0.2, 0.25) is 0 Å². The fourth-order valence-electron chi connectivity index (χ4n) is 2.77. The van der Waals surface area contributed by atoms with Crippen molar-refractivity contribution in [2.45, 2.75) is 26.2 Å². The number of fused-ring (bicyclic) bond motifs is 2. The Kier molecular flexibility index (Phi) is 2.06. The van der Waals surface area contributed by atoms with Gasteiger partial charge in [-0.25, -0.2) is 0 Å². The maximum Gasteiger partial charge on any atom is 0.0455 e. The first-order valence-electron chi connectivity index (χ1n) is 6.07. The molecule has 1 nitrogen and oxygen atoms in total. The van der Waals surface area contributed by atoms with Crippen molar-refractivity contribution in [3.8, 4) is 0 Å². The molecule has 1 heteroatoms. The molecule has 0 saturated carbocycles. The number of nitrogens with one attached hydrogen (secondary N) is 1. The maximum atomic E-state index is 3.56. The lowest BCUT2D eigenvalue weighted by Gasteiger charge is -2.36. The summed E-state index contributed by atoms with van der Waals surface area (Å²) in [5.74, 6) is 0. The van der Waals surface area contributed by atoms with Crippen molar-refractivity contribution in [2.24, 2.45) is 0 Å². The van der Waals surface area contributed by atoms with E-state index in [4.69, 9.17) is 0 Å². The van der Waals surface area contributed by atoms with Gasteiger partial charge in [-0.15, -0.1) is 0 Å². The van der Waals surface area contributed by atoms with Gasteiger partial charge in [0.05, 0.1) is 0 Å². The highest BCUT2D eigenvalue weighted by molar-refractivity contribution is 5.77. The van der Waals surface area contributed by atoms with Crippen LogP contribution < -0.4 is 5.32 Å². The molecule has 0 atom stereocenters. The maximum absolute atomic E-state index is 3.56. The SMILES string of the molecule is Cc1cccc2c1Nc1ccccc1C2(C)C. The molecular formula is C16H17N. The van der Waals surface area contributed by atoms with Crippen LogP contribution in [0.25, 0.3) is 0 Å². The van der Waals surface area contributed by atoms with E-state index in [1.54, 1.807) is 0 Å². The van der Waals surface area contributed by atoms with E-state index in [-0.39, 0.29) is 5.41 Å². The lowest BCUT2D eigenvalue weighted by molar-refractivity contribution is 0.637.